The first-order valence-corrected chi connectivity index (χ1v) is 7.24. The first-order chi connectivity index (χ1) is 8.99. The number of halogens is 1. The molecule has 2 unspecified atom stereocenters. The van der Waals surface area contributed by atoms with Gasteiger partial charge in [-0.2, -0.15) is 0 Å². The van der Waals surface area contributed by atoms with Crippen molar-refractivity contribution in [3.8, 4) is 0 Å². The number of hydrogen-bond donors (Lipinski definition) is 1. The number of hydrogen-bond acceptors (Lipinski definition) is 2. The van der Waals surface area contributed by atoms with Crippen LogP contribution in [-0.2, 0) is 0 Å². The van der Waals surface area contributed by atoms with Crippen molar-refractivity contribution in [3.63, 3.8) is 0 Å². The third-order valence-electron chi connectivity index (χ3n) is 4.12. The molecule has 2 rings (SSSR count). The monoisotopic (exact) mass is 264 g/mol. The molecule has 1 aromatic rings. The van der Waals surface area contributed by atoms with Gasteiger partial charge in [-0.05, 0) is 36.1 Å². The summed E-state index contributed by atoms with van der Waals surface area (Å²) in [6, 6.07) is 7.87. The lowest BCUT2D eigenvalue weighted by Gasteiger charge is -2.45. The van der Waals surface area contributed by atoms with E-state index in [0.29, 0.717) is 23.9 Å². The highest BCUT2D eigenvalue weighted by molar-refractivity contribution is 5.48. The Balaban J connectivity index is 2.22. The van der Waals surface area contributed by atoms with Crippen molar-refractivity contribution in [1.29, 1.82) is 0 Å². The van der Waals surface area contributed by atoms with Gasteiger partial charge in [-0.15, -0.1) is 0 Å². The average Bonchev–Trinajstić information content (AvgIpc) is 2.38. The van der Waals surface area contributed by atoms with E-state index in [0.717, 1.165) is 18.8 Å². The third-order valence-corrected chi connectivity index (χ3v) is 4.12. The van der Waals surface area contributed by atoms with Gasteiger partial charge < -0.3 is 10.2 Å². The smallest absolute Gasteiger partial charge is 0.123 e. The molecule has 19 heavy (non-hydrogen) atoms. The Labute approximate surface area is 116 Å². The van der Waals surface area contributed by atoms with E-state index in [1.54, 1.807) is 12.1 Å². The van der Waals surface area contributed by atoms with Crippen LogP contribution in [0, 0.1) is 17.7 Å². The number of rotatable bonds is 3. The Hall–Kier alpha value is -1.09. The molecule has 1 N–H and O–H groups in total. The van der Waals surface area contributed by atoms with E-state index in [1.165, 1.54) is 0 Å². The number of piperazine rings is 1. The molecule has 1 fully saturated rings. The normalized spacial score (nSPS) is 24.3. The van der Waals surface area contributed by atoms with Gasteiger partial charge in [-0.25, -0.2) is 4.39 Å². The lowest BCUT2D eigenvalue weighted by Crippen LogP contribution is -2.60. The molecule has 1 aromatic carbocycles. The van der Waals surface area contributed by atoms with Crippen molar-refractivity contribution < 1.29 is 4.39 Å². The topological polar surface area (TPSA) is 15.3 Å². The van der Waals surface area contributed by atoms with Gasteiger partial charge in [-0.1, -0.05) is 27.7 Å². The molecule has 0 saturated carbocycles. The average molecular weight is 264 g/mol. The number of anilines is 1. The van der Waals surface area contributed by atoms with Crippen molar-refractivity contribution in [2.75, 3.05) is 18.0 Å². The summed E-state index contributed by atoms with van der Waals surface area (Å²) in [5.41, 5.74) is 1.13. The molecule has 1 aliphatic rings. The quantitative estimate of drug-likeness (QED) is 0.901. The zero-order valence-corrected chi connectivity index (χ0v) is 12.4. The molecule has 0 aromatic heterocycles. The summed E-state index contributed by atoms with van der Waals surface area (Å²) in [5.74, 6) is 1.02. The van der Waals surface area contributed by atoms with Gasteiger partial charge in [0, 0.05) is 30.9 Å². The number of nitrogens with one attached hydrogen (secondary N) is 1. The Kier molecular flexibility index (Phi) is 4.46. The van der Waals surface area contributed by atoms with Crippen LogP contribution >= 0.6 is 0 Å². The highest BCUT2D eigenvalue weighted by atomic mass is 19.1. The van der Waals surface area contributed by atoms with Crippen LogP contribution in [0.3, 0.4) is 0 Å². The minimum absolute atomic E-state index is 0.166. The van der Waals surface area contributed by atoms with E-state index in [-0.39, 0.29) is 5.82 Å². The number of benzene rings is 1. The standard InChI is InChI=1S/C16H25FN2/c1-11(2)15-10-19(16(9-18-15)12(3)4)14-7-5-13(17)6-8-14/h5-8,11-12,15-16,18H,9-10H2,1-4H3. The van der Waals surface area contributed by atoms with Crippen LogP contribution in [0.2, 0.25) is 0 Å². The molecule has 0 radical (unpaired) electrons. The fourth-order valence-electron chi connectivity index (χ4n) is 2.77. The molecule has 1 aliphatic heterocycles. The lowest BCUT2D eigenvalue weighted by atomic mass is 9.93. The SMILES string of the molecule is CC(C)C1CN(c2ccc(F)cc2)C(C(C)C)CN1. The summed E-state index contributed by atoms with van der Waals surface area (Å²) in [4.78, 5) is 2.44. The van der Waals surface area contributed by atoms with Gasteiger partial charge >= 0.3 is 0 Å². The molecule has 2 atom stereocenters. The van der Waals surface area contributed by atoms with Gasteiger partial charge in [0.1, 0.15) is 5.82 Å². The first-order valence-electron chi connectivity index (χ1n) is 7.24. The largest absolute Gasteiger partial charge is 0.365 e. The van der Waals surface area contributed by atoms with Gasteiger partial charge in [0.2, 0.25) is 0 Å². The fraction of sp³-hybridized carbons (Fsp3) is 0.625. The van der Waals surface area contributed by atoms with Crippen molar-refractivity contribution in [2.24, 2.45) is 11.8 Å². The highest BCUT2D eigenvalue weighted by Gasteiger charge is 2.31. The summed E-state index contributed by atoms with van der Waals surface area (Å²) in [7, 11) is 0. The van der Waals surface area contributed by atoms with E-state index in [9.17, 15) is 4.39 Å². The number of nitrogens with zero attached hydrogens (tertiary/aromatic N) is 1. The van der Waals surface area contributed by atoms with Gasteiger partial charge in [0.25, 0.3) is 0 Å². The molecule has 2 nitrogen and oxygen atoms in total. The molecular weight excluding hydrogens is 239 g/mol. The molecule has 3 heteroatoms. The second kappa shape index (κ2) is 5.91. The van der Waals surface area contributed by atoms with Crippen LogP contribution in [0.5, 0.6) is 0 Å². The van der Waals surface area contributed by atoms with Gasteiger partial charge in [-0.3, -0.25) is 0 Å². The van der Waals surface area contributed by atoms with Crippen LogP contribution in [0.4, 0.5) is 10.1 Å². The molecule has 106 valence electrons. The van der Waals surface area contributed by atoms with Crippen molar-refractivity contribution >= 4 is 5.69 Å². The molecule has 0 bridgehead atoms. The molecule has 0 spiro atoms. The summed E-state index contributed by atoms with van der Waals surface area (Å²) in [6.07, 6.45) is 0. The van der Waals surface area contributed by atoms with Crippen LogP contribution in [0.15, 0.2) is 24.3 Å². The second-order valence-electron chi connectivity index (χ2n) is 6.20. The van der Waals surface area contributed by atoms with Gasteiger partial charge in [0.15, 0.2) is 0 Å². The Bertz CT molecular complexity index is 400. The maximum atomic E-state index is 13.1. The van der Waals surface area contributed by atoms with Crippen molar-refractivity contribution in [1.82, 2.24) is 5.32 Å². The molecule has 1 saturated heterocycles. The van der Waals surface area contributed by atoms with Crippen LogP contribution in [0.1, 0.15) is 27.7 Å². The maximum absolute atomic E-state index is 13.1. The Morgan fingerprint density at radius 1 is 1.11 bits per heavy atom. The predicted octanol–water partition coefficient (Wildman–Crippen LogP) is 3.28. The molecule has 1 heterocycles. The van der Waals surface area contributed by atoms with Crippen LogP contribution in [0.25, 0.3) is 0 Å². The molecule has 0 amide bonds. The third kappa shape index (κ3) is 3.27. The zero-order valence-electron chi connectivity index (χ0n) is 12.4. The predicted molar refractivity (Wildman–Crippen MR) is 79.0 cm³/mol. The first kappa shape index (κ1) is 14.3. The lowest BCUT2D eigenvalue weighted by molar-refractivity contribution is 0.295. The van der Waals surface area contributed by atoms with E-state index < -0.39 is 0 Å². The minimum Gasteiger partial charge on any atom is -0.365 e. The second-order valence-corrected chi connectivity index (χ2v) is 6.20. The Morgan fingerprint density at radius 3 is 2.26 bits per heavy atom. The van der Waals surface area contributed by atoms with E-state index in [4.69, 9.17) is 0 Å². The van der Waals surface area contributed by atoms with Crippen molar-refractivity contribution in [2.45, 2.75) is 39.8 Å². The summed E-state index contributed by atoms with van der Waals surface area (Å²) in [5, 5.41) is 3.65. The van der Waals surface area contributed by atoms with E-state index in [2.05, 4.69) is 37.9 Å². The molecule has 0 aliphatic carbocycles. The molecular formula is C16H25FN2. The van der Waals surface area contributed by atoms with Crippen LogP contribution in [-0.4, -0.2) is 25.2 Å². The maximum Gasteiger partial charge on any atom is 0.123 e. The van der Waals surface area contributed by atoms with Gasteiger partial charge in [0.05, 0.1) is 0 Å². The summed E-state index contributed by atoms with van der Waals surface area (Å²) < 4.78 is 13.1. The van der Waals surface area contributed by atoms with E-state index >= 15 is 0 Å². The van der Waals surface area contributed by atoms with Crippen LogP contribution < -0.4 is 10.2 Å². The minimum atomic E-state index is -0.166. The Morgan fingerprint density at radius 2 is 1.74 bits per heavy atom. The fourth-order valence-corrected chi connectivity index (χ4v) is 2.77. The summed E-state index contributed by atoms with van der Waals surface area (Å²) >= 11 is 0. The summed E-state index contributed by atoms with van der Waals surface area (Å²) in [6.45, 7) is 11.0. The van der Waals surface area contributed by atoms with Crippen molar-refractivity contribution in [3.05, 3.63) is 30.1 Å². The highest BCUT2D eigenvalue weighted by Crippen LogP contribution is 2.25. The zero-order chi connectivity index (χ0) is 14.0. The van der Waals surface area contributed by atoms with E-state index in [1.807, 2.05) is 12.1 Å².